The van der Waals surface area contributed by atoms with E-state index in [9.17, 15) is 0 Å². The van der Waals surface area contributed by atoms with Crippen molar-refractivity contribution in [1.29, 1.82) is 0 Å². The van der Waals surface area contributed by atoms with Crippen LogP contribution in [0.1, 0.15) is 0 Å². The first-order chi connectivity index (χ1) is 16.0. The summed E-state index contributed by atoms with van der Waals surface area (Å²) >= 11 is 0. The van der Waals surface area contributed by atoms with E-state index in [2.05, 4.69) is 0 Å². The van der Waals surface area contributed by atoms with Gasteiger partial charge < -0.3 is 226 Å². The van der Waals surface area contributed by atoms with Crippen LogP contribution in [0.3, 0.4) is 0 Å². The maximum absolute atomic E-state index is 8.58. The van der Waals surface area contributed by atoms with Gasteiger partial charge in [0, 0.05) is 0 Å². The van der Waals surface area contributed by atoms with Crippen molar-refractivity contribution in [2.45, 2.75) is 0 Å². The van der Waals surface area contributed by atoms with Crippen molar-refractivity contribution in [1.82, 2.24) is 0 Å². The molecule has 0 aromatic carbocycles. The Bertz CT molecular complexity index is 368. The van der Waals surface area contributed by atoms with E-state index >= 15 is 0 Å². The smallest absolute Gasteiger partial charge is 0.894 e. The Balaban J connectivity index is -0.00000000402. The summed E-state index contributed by atoms with van der Waals surface area (Å²) in [6.45, 7) is 0. The fourth-order valence-corrected chi connectivity index (χ4v) is 0. The zero-order valence-electron chi connectivity index (χ0n) is 49.1. The molecule has 0 aromatic heterocycles. The molecule has 72 heavy (non-hydrogen) atoms. The van der Waals surface area contributed by atoms with Gasteiger partial charge in [0.05, 0.1) is 0 Å². The largest absolute Gasteiger partial charge is 1.00 e. The van der Waals surface area contributed by atoms with Crippen molar-refractivity contribution in [3.63, 3.8) is 0 Å². The first-order valence-corrected chi connectivity index (χ1v) is 19.6. The van der Waals surface area contributed by atoms with E-state index in [1.165, 1.54) is 0 Å². The van der Waals surface area contributed by atoms with E-state index in [1.54, 1.807) is 0 Å². The van der Waals surface area contributed by atoms with Gasteiger partial charge in [0.1, 0.15) is 0 Å². The van der Waals surface area contributed by atoms with Gasteiger partial charge in [-0.2, -0.15) is 0 Å². The van der Waals surface area contributed by atoms with Gasteiger partial charge in [-0.25, -0.2) is 0 Å². The van der Waals surface area contributed by atoms with Crippen molar-refractivity contribution in [2.24, 2.45) is 0 Å². The van der Waals surface area contributed by atoms with E-state index in [0.29, 0.717) is 0 Å². The molecule has 0 aliphatic heterocycles. The molecule has 0 fully saturated rings. The summed E-state index contributed by atoms with van der Waals surface area (Å²) < 4.78 is 0. The fourth-order valence-electron chi connectivity index (χ4n) is 0. The van der Waals surface area contributed by atoms with Gasteiger partial charge in [-0.1, -0.05) is 0 Å². The maximum atomic E-state index is 8.58. The van der Waals surface area contributed by atoms with Gasteiger partial charge in [0.25, 0.3) is 0 Å². The molecule has 0 spiro atoms. The van der Waals surface area contributed by atoms with Gasteiger partial charge in [0.15, 0.2) is 0 Å². The number of rotatable bonds is 0. The van der Waals surface area contributed by atoms with Crippen LogP contribution in [0, 0.1) is 0 Å². The number of hydrogen-bond donors (Lipinski definition) is 0. The van der Waals surface area contributed by atoms with Crippen molar-refractivity contribution < 1.29 is 1100 Å². The third kappa shape index (κ3) is 1000. The van der Waals surface area contributed by atoms with Gasteiger partial charge in [-0.15, -0.1) is 0 Å². The van der Waals surface area contributed by atoms with E-state index in [1.807, 2.05) is 0 Å². The SMILES string of the molecule is [Na+].[Na+].[Na+].[Na+].[Na+].[Na+].[Na+].[Na+].[Na+].[Na+].[Na+].[Na+].[Na+].[Na+].[Na+].[Na+].[Na+].[Na+].[Na+].[Na+].[Na+].[Na+].[Na+].[Na+].[Na+].[Na+].[Na+].[Na+].[Na+].[Na+].[Na+].[Na+].[O-][Si]([O-])([O-])[O-].[O-][Si]([O-])([O-])[O-].[O-][Si]([O-])([O-])[O-].[O-][Si]([O-])([O-])[O-].[O-][Si]([O-])([O-])[O-].[O-][Si]([O-])([O-])[O-].[O-][Si]([O-])([O-])[O-].[O-][Si]([O-])([O-])[O-]. The van der Waals surface area contributed by atoms with Crippen molar-refractivity contribution in [3.05, 3.63) is 0 Å². The van der Waals surface area contributed by atoms with Gasteiger partial charge in [-0.05, 0) is 0 Å². The topological polar surface area (TPSA) is 738 Å². The van der Waals surface area contributed by atoms with Crippen LogP contribution in [0.2, 0.25) is 0 Å². The fraction of sp³-hybridized carbons (Fsp3) is 0. The number of hydrogen-bond acceptors (Lipinski definition) is 32. The summed E-state index contributed by atoms with van der Waals surface area (Å²) in [6.07, 6.45) is 0. The van der Waals surface area contributed by atoms with Crippen LogP contribution in [0.5, 0.6) is 0 Å². The maximum Gasteiger partial charge on any atom is 1.00 e. The van der Waals surface area contributed by atoms with Crippen LogP contribution in [0.4, 0.5) is 0 Å². The molecule has 0 saturated heterocycles. The van der Waals surface area contributed by atoms with Crippen LogP contribution in [-0.4, -0.2) is 72.4 Å². The Hall–Kier alpha value is 32.5. The molecule has 0 saturated carbocycles. The molecule has 0 bridgehead atoms. The van der Waals surface area contributed by atoms with E-state index in [4.69, 9.17) is 153 Å². The summed E-state index contributed by atoms with van der Waals surface area (Å²) in [5.41, 5.74) is 0. The minimum Gasteiger partial charge on any atom is -0.894 e. The van der Waals surface area contributed by atoms with Gasteiger partial charge >= 0.3 is 946 Å². The van der Waals surface area contributed by atoms with Crippen LogP contribution < -0.4 is 1100 Å². The van der Waals surface area contributed by atoms with Crippen LogP contribution in [-0.2, 0) is 0 Å². The molecular weight excluding hydrogens is 1470 g/mol. The molecule has 0 radical (unpaired) electrons. The second-order valence-electron chi connectivity index (χ2n) is 4.00. The zero-order valence-corrected chi connectivity index (χ0v) is 121. The molecule has 0 amide bonds. The Kier molecular flexibility index (Phi) is 627. The second-order valence-corrected chi connectivity index (χ2v) is 12.0. The van der Waals surface area contributed by atoms with Crippen molar-refractivity contribution >= 4 is 72.4 Å². The third-order valence-corrected chi connectivity index (χ3v) is 0. The average Bonchev–Trinajstić information content (AvgIpc) is 2.16. The normalized spacial score (nSPS) is 6.67. The molecule has 0 aromatic rings. The quantitative estimate of drug-likeness (QED) is 0.203. The van der Waals surface area contributed by atoms with Crippen molar-refractivity contribution in [2.75, 3.05) is 0 Å². The Morgan fingerprint density at radius 3 is 0.0694 bits per heavy atom. The van der Waals surface area contributed by atoms with Crippen LogP contribution >= 0.6 is 0 Å². The van der Waals surface area contributed by atoms with E-state index < -0.39 is 72.4 Å². The zero-order chi connectivity index (χ0) is 36.0. The molecule has 72 heteroatoms. The summed E-state index contributed by atoms with van der Waals surface area (Å²) in [4.78, 5) is 274. The van der Waals surface area contributed by atoms with Crippen molar-refractivity contribution in [3.8, 4) is 0 Å². The second kappa shape index (κ2) is 168. The Labute approximate surface area is 1140 Å². The monoisotopic (exact) mass is 1470 g/mol. The molecule has 0 heterocycles. The summed E-state index contributed by atoms with van der Waals surface area (Å²) in [5, 5.41) is 0. The third-order valence-electron chi connectivity index (χ3n) is 0. The first kappa shape index (κ1) is 269. The Morgan fingerprint density at radius 1 is 0.0694 bits per heavy atom. The predicted molar refractivity (Wildman–Crippen MR) is 46.0 cm³/mol. The molecule has 32 nitrogen and oxygen atoms in total. The molecule has 0 rings (SSSR count). The molecule has 0 aliphatic rings. The summed E-state index contributed by atoms with van der Waals surface area (Å²) in [7, 11) is -44.9. The predicted octanol–water partition coefficient (Wildman–Crippen LogP) is -137. The average molecular weight is 1470 g/mol. The molecular formula is Na32O32Si8. The summed E-state index contributed by atoms with van der Waals surface area (Å²) in [5.74, 6) is 0. The van der Waals surface area contributed by atoms with E-state index in [0.717, 1.165) is 0 Å². The van der Waals surface area contributed by atoms with E-state index in [-0.39, 0.29) is 946 Å². The minimum absolute atomic E-state index is 0. The van der Waals surface area contributed by atoms with Crippen LogP contribution in [0.25, 0.3) is 0 Å². The van der Waals surface area contributed by atoms with Crippen LogP contribution in [0.15, 0.2) is 0 Å². The molecule has 0 N–H and O–H groups in total. The Morgan fingerprint density at radius 2 is 0.0694 bits per heavy atom. The minimum atomic E-state index is -5.61. The molecule has 0 unspecified atom stereocenters. The molecule has 256 valence electrons. The molecule has 0 aliphatic carbocycles. The first-order valence-electron chi connectivity index (χ1n) is 6.53. The van der Waals surface area contributed by atoms with Gasteiger partial charge in [-0.3, -0.25) is 0 Å². The molecule has 0 atom stereocenters. The summed E-state index contributed by atoms with van der Waals surface area (Å²) in [6, 6.07) is 0. The van der Waals surface area contributed by atoms with Gasteiger partial charge in [0.2, 0.25) is 0 Å². The standard InChI is InChI=1S/32Na.8O4Si/c;;;;;;;;;;;;;;;;;;;;;;;;;;;;;;;;8*1-5(2,3)4/q32*+1;8*-4.